The third-order valence-electron chi connectivity index (χ3n) is 4.05. The molecule has 1 aliphatic heterocycles. The molecule has 0 unspecified atom stereocenters. The number of piperazine rings is 1. The van der Waals surface area contributed by atoms with Crippen LogP contribution in [0.2, 0.25) is 0 Å². The van der Waals surface area contributed by atoms with E-state index >= 15 is 0 Å². The molecule has 0 aliphatic carbocycles. The van der Waals surface area contributed by atoms with Crippen LogP contribution < -0.4 is 4.90 Å². The maximum absolute atomic E-state index is 12.2. The average molecular weight is 366 g/mol. The van der Waals surface area contributed by atoms with Crippen molar-refractivity contribution in [3.8, 4) is 0 Å². The summed E-state index contributed by atoms with van der Waals surface area (Å²) in [4.78, 5) is 28.6. The SMILES string of the molecule is COC(=O)c1cc(S)c(C)c(N2CCN(C(=O)OC(C)(C)C)CC2)c1. The van der Waals surface area contributed by atoms with Crippen molar-refractivity contribution in [2.75, 3.05) is 38.2 Å². The standard InChI is InChI=1S/C18H26N2O4S/c1-12-14(10-13(11-15(12)25)16(21)23-5)19-6-8-20(9-7-19)17(22)24-18(2,3)4/h10-11,25H,6-9H2,1-5H3. The molecule has 0 spiro atoms. The molecule has 25 heavy (non-hydrogen) atoms. The highest BCUT2D eigenvalue weighted by atomic mass is 32.1. The van der Waals surface area contributed by atoms with E-state index in [0.717, 1.165) is 16.1 Å². The summed E-state index contributed by atoms with van der Waals surface area (Å²) in [6.45, 7) is 10.0. The summed E-state index contributed by atoms with van der Waals surface area (Å²) in [5.74, 6) is -0.385. The zero-order valence-electron chi connectivity index (χ0n) is 15.5. The Bertz CT molecular complexity index is 662. The number of methoxy groups -OCH3 is 1. The first-order valence-corrected chi connectivity index (χ1v) is 8.72. The van der Waals surface area contributed by atoms with E-state index in [0.29, 0.717) is 31.7 Å². The van der Waals surface area contributed by atoms with Crippen molar-refractivity contribution >= 4 is 30.4 Å². The van der Waals surface area contributed by atoms with Gasteiger partial charge in [-0.15, -0.1) is 12.6 Å². The molecule has 0 saturated carbocycles. The molecule has 1 aromatic carbocycles. The zero-order chi connectivity index (χ0) is 18.8. The maximum atomic E-state index is 12.2. The number of thiol groups is 1. The van der Waals surface area contributed by atoms with E-state index in [4.69, 9.17) is 9.47 Å². The number of hydrogen-bond acceptors (Lipinski definition) is 6. The van der Waals surface area contributed by atoms with E-state index in [1.165, 1.54) is 7.11 Å². The molecule has 1 aromatic rings. The number of rotatable bonds is 2. The van der Waals surface area contributed by atoms with Gasteiger partial charge in [-0.3, -0.25) is 0 Å². The second kappa shape index (κ2) is 7.56. The van der Waals surface area contributed by atoms with Crippen molar-refractivity contribution in [2.24, 2.45) is 0 Å². The molecule has 138 valence electrons. The van der Waals surface area contributed by atoms with Gasteiger partial charge >= 0.3 is 12.1 Å². The lowest BCUT2D eigenvalue weighted by molar-refractivity contribution is 0.0240. The van der Waals surface area contributed by atoms with Gasteiger partial charge in [-0.1, -0.05) is 0 Å². The van der Waals surface area contributed by atoms with E-state index in [1.807, 2.05) is 33.8 Å². The van der Waals surface area contributed by atoms with E-state index < -0.39 is 5.60 Å². The molecule has 1 fully saturated rings. The Kier molecular flexibility index (Phi) is 5.87. The second-order valence-electron chi connectivity index (χ2n) is 7.09. The largest absolute Gasteiger partial charge is 0.465 e. The number of nitrogens with zero attached hydrogens (tertiary/aromatic N) is 2. The van der Waals surface area contributed by atoms with Crippen LogP contribution in [-0.4, -0.2) is 55.9 Å². The van der Waals surface area contributed by atoms with Crippen molar-refractivity contribution in [3.05, 3.63) is 23.3 Å². The summed E-state index contributed by atoms with van der Waals surface area (Å²) >= 11 is 4.47. The predicted octanol–water partition coefficient (Wildman–Crippen LogP) is 3.13. The first-order valence-electron chi connectivity index (χ1n) is 8.27. The van der Waals surface area contributed by atoms with E-state index in [2.05, 4.69) is 17.5 Å². The molecule has 0 bridgehead atoms. The predicted molar refractivity (Wildman–Crippen MR) is 99.8 cm³/mol. The van der Waals surface area contributed by atoms with E-state index in [-0.39, 0.29) is 12.1 Å². The summed E-state index contributed by atoms with van der Waals surface area (Å²) in [6.07, 6.45) is -0.290. The Morgan fingerprint density at radius 2 is 1.72 bits per heavy atom. The van der Waals surface area contributed by atoms with Gasteiger partial charge in [0.05, 0.1) is 12.7 Å². The Hall–Kier alpha value is -1.89. The van der Waals surface area contributed by atoms with Gasteiger partial charge in [0.1, 0.15) is 5.60 Å². The molecule has 1 amide bonds. The van der Waals surface area contributed by atoms with Crippen LogP contribution >= 0.6 is 12.6 Å². The minimum Gasteiger partial charge on any atom is -0.465 e. The molecule has 6 nitrogen and oxygen atoms in total. The van der Waals surface area contributed by atoms with Crippen LogP contribution in [-0.2, 0) is 9.47 Å². The number of carbonyl (C=O) groups excluding carboxylic acids is 2. The molecular weight excluding hydrogens is 340 g/mol. The minimum absolute atomic E-state index is 0.290. The fraction of sp³-hybridized carbons (Fsp3) is 0.556. The van der Waals surface area contributed by atoms with Gasteiger partial charge in [0.15, 0.2) is 0 Å². The van der Waals surface area contributed by atoms with E-state index in [1.54, 1.807) is 11.0 Å². The van der Waals surface area contributed by atoms with Gasteiger partial charge in [0.25, 0.3) is 0 Å². The van der Waals surface area contributed by atoms with Gasteiger partial charge < -0.3 is 19.3 Å². The van der Waals surface area contributed by atoms with Crippen molar-refractivity contribution in [1.82, 2.24) is 4.90 Å². The minimum atomic E-state index is -0.499. The van der Waals surface area contributed by atoms with Gasteiger partial charge in [0, 0.05) is 36.8 Å². The number of benzene rings is 1. The van der Waals surface area contributed by atoms with E-state index in [9.17, 15) is 9.59 Å². The van der Waals surface area contributed by atoms with Crippen LogP contribution in [0.4, 0.5) is 10.5 Å². The highest BCUT2D eigenvalue weighted by molar-refractivity contribution is 7.80. The van der Waals surface area contributed by atoms with Crippen molar-refractivity contribution < 1.29 is 19.1 Å². The number of hydrogen-bond donors (Lipinski definition) is 1. The van der Waals surface area contributed by atoms with Crippen LogP contribution in [0, 0.1) is 6.92 Å². The molecule has 7 heteroatoms. The van der Waals surface area contributed by atoms with Crippen molar-refractivity contribution in [2.45, 2.75) is 38.2 Å². The quantitative estimate of drug-likeness (QED) is 0.644. The maximum Gasteiger partial charge on any atom is 0.410 e. The molecule has 2 rings (SSSR count). The first kappa shape index (κ1) is 19.4. The van der Waals surface area contributed by atoms with Gasteiger partial charge in [0.2, 0.25) is 0 Å². The first-order chi connectivity index (χ1) is 11.6. The summed E-state index contributed by atoms with van der Waals surface area (Å²) in [5.41, 5.74) is 1.92. The lowest BCUT2D eigenvalue weighted by atomic mass is 10.1. The highest BCUT2D eigenvalue weighted by Crippen LogP contribution is 2.29. The fourth-order valence-corrected chi connectivity index (χ4v) is 2.96. The normalized spacial score (nSPS) is 15.1. The van der Waals surface area contributed by atoms with Crippen LogP contribution in [0.1, 0.15) is 36.7 Å². The van der Waals surface area contributed by atoms with Crippen LogP contribution in [0.15, 0.2) is 17.0 Å². The highest BCUT2D eigenvalue weighted by Gasteiger charge is 2.27. The van der Waals surface area contributed by atoms with Gasteiger partial charge in [-0.2, -0.15) is 0 Å². The molecule has 0 aromatic heterocycles. The summed E-state index contributed by atoms with van der Waals surface area (Å²) in [7, 11) is 1.36. The molecular formula is C18H26N2O4S. The number of carbonyl (C=O) groups is 2. The Labute approximate surface area is 154 Å². The average Bonchev–Trinajstić information content (AvgIpc) is 2.55. The van der Waals surface area contributed by atoms with Crippen LogP contribution in [0.5, 0.6) is 0 Å². The van der Waals surface area contributed by atoms with Crippen LogP contribution in [0.3, 0.4) is 0 Å². The lowest BCUT2D eigenvalue weighted by Crippen LogP contribution is -2.50. The molecule has 0 radical (unpaired) electrons. The van der Waals surface area contributed by atoms with Crippen molar-refractivity contribution in [1.29, 1.82) is 0 Å². The zero-order valence-corrected chi connectivity index (χ0v) is 16.4. The molecule has 1 saturated heterocycles. The van der Waals surface area contributed by atoms with Crippen molar-refractivity contribution in [3.63, 3.8) is 0 Å². The van der Waals surface area contributed by atoms with Gasteiger partial charge in [-0.05, 0) is 45.4 Å². The topological polar surface area (TPSA) is 59.1 Å². The lowest BCUT2D eigenvalue weighted by Gasteiger charge is -2.37. The smallest absolute Gasteiger partial charge is 0.410 e. The number of ether oxygens (including phenoxy) is 2. The van der Waals surface area contributed by atoms with Gasteiger partial charge in [-0.25, -0.2) is 9.59 Å². The summed E-state index contributed by atoms with van der Waals surface area (Å²) in [6, 6.07) is 3.54. The molecule has 1 heterocycles. The van der Waals surface area contributed by atoms with Crippen LogP contribution in [0.25, 0.3) is 0 Å². The second-order valence-corrected chi connectivity index (χ2v) is 7.57. The Morgan fingerprint density at radius 1 is 1.12 bits per heavy atom. The molecule has 0 atom stereocenters. The Morgan fingerprint density at radius 3 is 2.24 bits per heavy atom. The number of esters is 1. The monoisotopic (exact) mass is 366 g/mol. The fourth-order valence-electron chi connectivity index (χ4n) is 2.70. The molecule has 1 aliphatic rings. The molecule has 0 N–H and O–H groups in total. The third-order valence-corrected chi connectivity index (χ3v) is 4.51. The Balaban J connectivity index is 2.11. The number of amides is 1. The summed E-state index contributed by atoms with van der Waals surface area (Å²) < 4.78 is 10.2. The third kappa shape index (κ3) is 4.81. The summed E-state index contributed by atoms with van der Waals surface area (Å²) in [5, 5.41) is 0. The number of anilines is 1.